The Bertz CT molecular complexity index is 352. The molecule has 1 fully saturated rings. The standard InChI is InChI=1S/C12H15F2NS/c13-10-5-8(7-15)6-11(14)12(10)16-9-3-1-2-4-9/h5-6,9H,1-4,7,15H2. The summed E-state index contributed by atoms with van der Waals surface area (Å²) in [4.78, 5) is 0.157. The van der Waals surface area contributed by atoms with E-state index in [1.807, 2.05) is 0 Å². The third kappa shape index (κ3) is 2.55. The van der Waals surface area contributed by atoms with Crippen LogP contribution in [-0.2, 0) is 6.54 Å². The fraction of sp³-hybridized carbons (Fsp3) is 0.500. The van der Waals surface area contributed by atoms with E-state index in [9.17, 15) is 8.78 Å². The highest BCUT2D eigenvalue weighted by Crippen LogP contribution is 2.37. The average Bonchev–Trinajstić information content (AvgIpc) is 2.75. The summed E-state index contributed by atoms with van der Waals surface area (Å²) in [6, 6.07) is 2.67. The van der Waals surface area contributed by atoms with Crippen LogP contribution in [-0.4, -0.2) is 5.25 Å². The molecule has 0 radical (unpaired) electrons. The van der Waals surface area contributed by atoms with E-state index in [1.54, 1.807) is 0 Å². The van der Waals surface area contributed by atoms with Crippen molar-refractivity contribution in [2.24, 2.45) is 5.73 Å². The normalized spacial score (nSPS) is 16.9. The fourth-order valence-corrected chi connectivity index (χ4v) is 3.26. The van der Waals surface area contributed by atoms with Gasteiger partial charge in [-0.25, -0.2) is 8.78 Å². The predicted octanol–water partition coefficient (Wildman–Crippen LogP) is 3.46. The second kappa shape index (κ2) is 5.15. The highest BCUT2D eigenvalue weighted by atomic mass is 32.2. The Labute approximate surface area is 98.4 Å². The minimum atomic E-state index is -0.475. The topological polar surface area (TPSA) is 26.0 Å². The van der Waals surface area contributed by atoms with E-state index in [2.05, 4.69) is 0 Å². The van der Waals surface area contributed by atoms with E-state index < -0.39 is 11.6 Å². The van der Waals surface area contributed by atoms with Crippen molar-refractivity contribution in [3.05, 3.63) is 29.3 Å². The molecule has 0 unspecified atom stereocenters. The van der Waals surface area contributed by atoms with Gasteiger partial charge in [0.2, 0.25) is 0 Å². The number of benzene rings is 1. The van der Waals surface area contributed by atoms with Crippen molar-refractivity contribution < 1.29 is 8.78 Å². The number of halogens is 2. The van der Waals surface area contributed by atoms with E-state index in [1.165, 1.54) is 36.7 Å². The number of hydrogen-bond acceptors (Lipinski definition) is 2. The fourth-order valence-electron chi connectivity index (χ4n) is 2.02. The molecule has 4 heteroatoms. The van der Waals surface area contributed by atoms with Crippen LogP contribution in [0.15, 0.2) is 17.0 Å². The van der Waals surface area contributed by atoms with Crippen molar-refractivity contribution in [3.63, 3.8) is 0 Å². The summed E-state index contributed by atoms with van der Waals surface area (Å²) in [5.41, 5.74) is 5.87. The Balaban J connectivity index is 2.19. The van der Waals surface area contributed by atoms with Crippen LogP contribution >= 0.6 is 11.8 Å². The first-order chi connectivity index (χ1) is 7.70. The Morgan fingerprint density at radius 1 is 1.19 bits per heavy atom. The quantitative estimate of drug-likeness (QED) is 0.879. The highest BCUT2D eigenvalue weighted by Gasteiger charge is 2.20. The number of thioether (sulfide) groups is 1. The summed E-state index contributed by atoms with van der Waals surface area (Å²) in [5, 5.41) is 0.368. The zero-order valence-electron chi connectivity index (χ0n) is 9.01. The molecule has 0 aromatic heterocycles. The summed E-state index contributed by atoms with van der Waals surface area (Å²) >= 11 is 1.33. The molecule has 2 N–H and O–H groups in total. The monoisotopic (exact) mass is 243 g/mol. The molecule has 88 valence electrons. The first-order valence-electron chi connectivity index (χ1n) is 5.55. The molecule has 0 amide bonds. The van der Waals surface area contributed by atoms with Gasteiger partial charge in [-0.05, 0) is 30.5 Å². The van der Waals surface area contributed by atoms with Crippen LogP contribution in [0.1, 0.15) is 31.2 Å². The summed E-state index contributed by atoms with van der Waals surface area (Å²) < 4.78 is 27.3. The van der Waals surface area contributed by atoms with Crippen LogP contribution in [0.2, 0.25) is 0 Å². The van der Waals surface area contributed by atoms with E-state index in [-0.39, 0.29) is 11.4 Å². The first-order valence-corrected chi connectivity index (χ1v) is 6.43. The molecule has 1 nitrogen and oxygen atoms in total. The molecular formula is C12H15F2NS. The molecule has 0 heterocycles. The summed E-state index contributed by atoms with van der Waals surface area (Å²) in [6.07, 6.45) is 4.45. The van der Waals surface area contributed by atoms with E-state index >= 15 is 0 Å². The van der Waals surface area contributed by atoms with Crippen molar-refractivity contribution in [3.8, 4) is 0 Å². The summed E-state index contributed by atoms with van der Waals surface area (Å²) in [5.74, 6) is -0.949. The van der Waals surface area contributed by atoms with Crippen LogP contribution in [0, 0.1) is 11.6 Å². The maximum atomic E-state index is 13.6. The lowest BCUT2D eigenvalue weighted by Crippen LogP contribution is -2.02. The Morgan fingerprint density at radius 3 is 2.25 bits per heavy atom. The molecule has 16 heavy (non-hydrogen) atoms. The van der Waals surface area contributed by atoms with Crippen molar-refractivity contribution in [1.82, 2.24) is 0 Å². The number of hydrogen-bond donors (Lipinski definition) is 1. The highest BCUT2D eigenvalue weighted by molar-refractivity contribution is 8.00. The lowest BCUT2D eigenvalue weighted by Gasteiger charge is -2.11. The van der Waals surface area contributed by atoms with Crippen LogP contribution in [0.25, 0.3) is 0 Å². The third-order valence-corrected chi connectivity index (χ3v) is 4.31. The predicted molar refractivity (Wildman–Crippen MR) is 62.4 cm³/mol. The molecule has 2 rings (SSSR count). The van der Waals surface area contributed by atoms with Crippen LogP contribution in [0.4, 0.5) is 8.78 Å². The van der Waals surface area contributed by atoms with E-state index in [4.69, 9.17) is 5.73 Å². The molecule has 1 aliphatic rings. The van der Waals surface area contributed by atoms with Gasteiger partial charge in [-0.2, -0.15) is 0 Å². The largest absolute Gasteiger partial charge is 0.326 e. The third-order valence-electron chi connectivity index (χ3n) is 2.88. The zero-order chi connectivity index (χ0) is 11.5. The number of rotatable bonds is 3. The van der Waals surface area contributed by atoms with Crippen LogP contribution in [0.3, 0.4) is 0 Å². The van der Waals surface area contributed by atoms with Crippen LogP contribution < -0.4 is 5.73 Å². The molecule has 1 saturated carbocycles. The lowest BCUT2D eigenvalue weighted by atomic mass is 10.2. The smallest absolute Gasteiger partial charge is 0.140 e. The van der Waals surface area contributed by atoms with Gasteiger partial charge in [-0.3, -0.25) is 0 Å². The SMILES string of the molecule is NCc1cc(F)c(SC2CCCC2)c(F)c1. The molecule has 0 spiro atoms. The van der Waals surface area contributed by atoms with Crippen molar-refractivity contribution in [2.75, 3.05) is 0 Å². The van der Waals surface area contributed by atoms with E-state index in [0.717, 1.165) is 12.8 Å². The molecule has 0 bridgehead atoms. The second-order valence-electron chi connectivity index (χ2n) is 4.12. The van der Waals surface area contributed by atoms with Crippen molar-refractivity contribution in [2.45, 2.75) is 42.4 Å². The Kier molecular flexibility index (Phi) is 3.82. The van der Waals surface area contributed by atoms with Gasteiger partial charge in [0.25, 0.3) is 0 Å². The maximum Gasteiger partial charge on any atom is 0.140 e. The van der Waals surface area contributed by atoms with Crippen molar-refractivity contribution in [1.29, 1.82) is 0 Å². The van der Waals surface area contributed by atoms with Gasteiger partial charge in [-0.15, -0.1) is 11.8 Å². The van der Waals surface area contributed by atoms with Gasteiger partial charge in [0.05, 0.1) is 4.90 Å². The molecule has 1 aromatic carbocycles. The summed E-state index contributed by atoms with van der Waals surface area (Å²) in [6.45, 7) is 0.169. The van der Waals surface area contributed by atoms with Gasteiger partial charge in [-0.1, -0.05) is 12.8 Å². The van der Waals surface area contributed by atoms with Gasteiger partial charge in [0, 0.05) is 11.8 Å². The molecule has 1 aromatic rings. The zero-order valence-corrected chi connectivity index (χ0v) is 9.83. The summed E-state index contributed by atoms with van der Waals surface area (Å²) in [7, 11) is 0. The average molecular weight is 243 g/mol. The minimum Gasteiger partial charge on any atom is -0.326 e. The maximum absolute atomic E-state index is 13.6. The van der Waals surface area contributed by atoms with Gasteiger partial charge >= 0.3 is 0 Å². The molecule has 1 aliphatic carbocycles. The molecular weight excluding hydrogens is 228 g/mol. The van der Waals surface area contributed by atoms with Gasteiger partial charge in [0.15, 0.2) is 0 Å². The Hall–Kier alpha value is -0.610. The second-order valence-corrected chi connectivity index (χ2v) is 5.43. The molecule has 0 atom stereocenters. The molecule has 0 saturated heterocycles. The van der Waals surface area contributed by atoms with E-state index in [0.29, 0.717) is 10.8 Å². The van der Waals surface area contributed by atoms with Crippen molar-refractivity contribution >= 4 is 11.8 Å². The molecule has 0 aliphatic heterocycles. The lowest BCUT2D eigenvalue weighted by molar-refractivity contribution is 0.536. The minimum absolute atomic E-state index is 0.157. The first kappa shape index (κ1) is 11.9. The number of nitrogens with two attached hydrogens (primary N) is 1. The van der Waals surface area contributed by atoms with Gasteiger partial charge < -0.3 is 5.73 Å². The Morgan fingerprint density at radius 2 is 1.75 bits per heavy atom. The van der Waals surface area contributed by atoms with Gasteiger partial charge in [0.1, 0.15) is 11.6 Å². The van der Waals surface area contributed by atoms with Crippen LogP contribution in [0.5, 0.6) is 0 Å².